The van der Waals surface area contributed by atoms with Gasteiger partial charge < -0.3 is 9.64 Å². The Morgan fingerprint density at radius 3 is 2.70 bits per heavy atom. The zero-order chi connectivity index (χ0) is 21.3. The highest BCUT2D eigenvalue weighted by molar-refractivity contribution is 7.91. The van der Waals surface area contributed by atoms with Gasteiger partial charge in [-0.05, 0) is 30.8 Å². The van der Waals surface area contributed by atoms with Crippen molar-refractivity contribution in [3.05, 3.63) is 35.4 Å². The van der Waals surface area contributed by atoms with Crippen LogP contribution in [0.2, 0.25) is 0 Å². The van der Waals surface area contributed by atoms with Crippen molar-refractivity contribution >= 4 is 28.0 Å². The largest absolute Gasteiger partial charge is 0.497 e. The third kappa shape index (κ3) is 4.42. The number of carbonyl (C=O) groups is 1. The number of hydrogen-bond acceptors (Lipinski definition) is 7. The minimum absolute atomic E-state index is 0.0110. The summed E-state index contributed by atoms with van der Waals surface area (Å²) in [4.78, 5) is 16.6. The van der Waals surface area contributed by atoms with Crippen molar-refractivity contribution in [2.24, 2.45) is 5.92 Å². The number of rotatable bonds is 5. The number of benzene rings is 1. The van der Waals surface area contributed by atoms with Crippen LogP contribution in [-0.2, 0) is 21.3 Å². The lowest BCUT2D eigenvalue weighted by atomic mass is 10.1. The number of sulfone groups is 1. The van der Waals surface area contributed by atoms with Gasteiger partial charge in [-0.15, -0.1) is 0 Å². The summed E-state index contributed by atoms with van der Waals surface area (Å²) in [6.07, 6.45) is 2.13. The number of nitrogens with zero attached hydrogens (tertiary/aromatic N) is 5. The molecule has 0 bridgehead atoms. The maximum absolute atomic E-state index is 12.6. The van der Waals surface area contributed by atoms with Gasteiger partial charge in [0.05, 0.1) is 36.9 Å². The molecule has 3 heterocycles. The lowest BCUT2D eigenvalue weighted by Crippen LogP contribution is -2.50. The van der Waals surface area contributed by atoms with Crippen molar-refractivity contribution < 1.29 is 17.9 Å². The second kappa shape index (κ2) is 8.48. The molecule has 0 aliphatic carbocycles. The molecule has 2 saturated heterocycles. The zero-order valence-corrected chi connectivity index (χ0v) is 18.4. The first-order valence-electron chi connectivity index (χ1n) is 9.87. The lowest BCUT2D eigenvalue weighted by molar-refractivity contribution is -0.136. The Bertz CT molecular complexity index is 1090. The average molecular weight is 452 g/mol. The lowest BCUT2D eigenvalue weighted by Gasteiger charge is -2.35. The monoisotopic (exact) mass is 451 g/mol. The highest BCUT2D eigenvalue weighted by Gasteiger charge is 2.36. The molecule has 0 radical (unpaired) electrons. The molecule has 2 aliphatic rings. The molecule has 162 valence electrons. The van der Waals surface area contributed by atoms with E-state index in [4.69, 9.17) is 17.0 Å². The van der Waals surface area contributed by atoms with Gasteiger partial charge in [0.2, 0.25) is 10.7 Å². The summed E-state index contributed by atoms with van der Waals surface area (Å²) in [6, 6.07) is 7.62. The maximum Gasteiger partial charge on any atom is 0.226 e. The summed E-state index contributed by atoms with van der Waals surface area (Å²) in [5, 5.41) is 4.42. The van der Waals surface area contributed by atoms with E-state index in [1.165, 1.54) is 0 Å². The normalized spacial score (nSPS) is 21.6. The highest BCUT2D eigenvalue weighted by atomic mass is 32.2. The second-order valence-electron chi connectivity index (χ2n) is 7.67. The molecule has 0 spiro atoms. The number of amides is 1. The number of methoxy groups -OCH3 is 1. The minimum Gasteiger partial charge on any atom is -0.497 e. The molecule has 2 fully saturated rings. The standard InChI is InChI=1S/C19H25N5O4S2/c1-28-17-4-2-3-16(11-17)23-13-20-24(19(23)29)14-21-6-8-22(9-7-21)18(25)15-5-10-30(26,27)12-15/h2-4,11,13,15H,5-10,12,14H2,1H3. The molecule has 2 aromatic rings. The quantitative estimate of drug-likeness (QED) is 0.625. The Kier molecular flexibility index (Phi) is 5.94. The Labute approximate surface area is 180 Å². The number of ether oxygens (including phenoxy) is 1. The second-order valence-corrected chi connectivity index (χ2v) is 10.3. The maximum atomic E-state index is 12.6. The van der Waals surface area contributed by atoms with Gasteiger partial charge in [-0.3, -0.25) is 14.3 Å². The van der Waals surface area contributed by atoms with Gasteiger partial charge in [0, 0.05) is 32.2 Å². The zero-order valence-electron chi connectivity index (χ0n) is 16.8. The molecule has 1 aromatic heterocycles. The van der Waals surface area contributed by atoms with E-state index in [-0.39, 0.29) is 23.3 Å². The molecule has 30 heavy (non-hydrogen) atoms. The molecule has 9 nitrogen and oxygen atoms in total. The fraction of sp³-hybridized carbons (Fsp3) is 0.526. The van der Waals surface area contributed by atoms with E-state index in [0.29, 0.717) is 44.0 Å². The highest BCUT2D eigenvalue weighted by Crippen LogP contribution is 2.22. The molecule has 1 unspecified atom stereocenters. The van der Waals surface area contributed by atoms with E-state index in [0.717, 1.165) is 11.4 Å². The average Bonchev–Trinajstić information content (AvgIpc) is 3.30. The minimum atomic E-state index is -3.05. The summed E-state index contributed by atoms with van der Waals surface area (Å²) < 4.78 is 32.7. The van der Waals surface area contributed by atoms with Crippen LogP contribution in [-0.4, -0.2) is 83.3 Å². The van der Waals surface area contributed by atoms with Gasteiger partial charge in [-0.1, -0.05) is 6.07 Å². The molecule has 4 rings (SSSR count). The van der Waals surface area contributed by atoms with Crippen molar-refractivity contribution in [2.75, 3.05) is 44.8 Å². The molecule has 1 amide bonds. The van der Waals surface area contributed by atoms with Crippen molar-refractivity contribution in [3.63, 3.8) is 0 Å². The van der Waals surface area contributed by atoms with Gasteiger partial charge in [0.25, 0.3) is 0 Å². The van der Waals surface area contributed by atoms with Crippen LogP contribution in [0, 0.1) is 10.7 Å². The topological polar surface area (TPSA) is 89.7 Å². The molecule has 1 aromatic carbocycles. The van der Waals surface area contributed by atoms with E-state index in [1.807, 2.05) is 28.8 Å². The molecule has 11 heteroatoms. The van der Waals surface area contributed by atoms with Gasteiger partial charge in [0.1, 0.15) is 12.1 Å². The fourth-order valence-electron chi connectivity index (χ4n) is 3.92. The third-order valence-corrected chi connectivity index (χ3v) is 7.84. The van der Waals surface area contributed by atoms with Crippen LogP contribution in [0.15, 0.2) is 30.6 Å². The summed E-state index contributed by atoms with van der Waals surface area (Å²) in [5.74, 6) is 0.446. The predicted molar refractivity (Wildman–Crippen MR) is 114 cm³/mol. The molecular formula is C19H25N5O4S2. The van der Waals surface area contributed by atoms with Crippen LogP contribution in [0.1, 0.15) is 6.42 Å². The molecule has 0 saturated carbocycles. The van der Waals surface area contributed by atoms with Crippen LogP contribution in [0.25, 0.3) is 5.69 Å². The van der Waals surface area contributed by atoms with Crippen LogP contribution >= 0.6 is 12.2 Å². The van der Waals surface area contributed by atoms with Crippen LogP contribution in [0.3, 0.4) is 0 Å². The van der Waals surface area contributed by atoms with E-state index < -0.39 is 9.84 Å². The predicted octanol–water partition coefficient (Wildman–Crippen LogP) is 0.948. The SMILES string of the molecule is COc1cccc(-n2cnn(CN3CCN(C(=O)C4CCS(=O)(=O)C4)CC3)c2=S)c1. The first kappa shape index (κ1) is 21.0. The summed E-state index contributed by atoms with van der Waals surface area (Å²) in [7, 11) is -1.43. The summed E-state index contributed by atoms with van der Waals surface area (Å²) in [5.41, 5.74) is 0.882. The van der Waals surface area contributed by atoms with Gasteiger partial charge >= 0.3 is 0 Å². The third-order valence-electron chi connectivity index (χ3n) is 5.66. The number of carbonyl (C=O) groups excluding carboxylic acids is 1. The fourth-order valence-corrected chi connectivity index (χ4v) is 5.91. The van der Waals surface area contributed by atoms with E-state index in [2.05, 4.69) is 10.00 Å². The van der Waals surface area contributed by atoms with Gasteiger partial charge in [0.15, 0.2) is 9.84 Å². The van der Waals surface area contributed by atoms with Gasteiger partial charge in [-0.2, -0.15) is 5.10 Å². The van der Waals surface area contributed by atoms with Crippen LogP contribution in [0.4, 0.5) is 0 Å². The van der Waals surface area contributed by atoms with E-state index in [1.54, 1.807) is 23.0 Å². The number of hydrogen-bond donors (Lipinski definition) is 0. The van der Waals surface area contributed by atoms with E-state index in [9.17, 15) is 13.2 Å². The van der Waals surface area contributed by atoms with Gasteiger partial charge in [-0.25, -0.2) is 13.1 Å². The Hall–Kier alpha value is -2.24. The van der Waals surface area contributed by atoms with Crippen LogP contribution in [0.5, 0.6) is 5.75 Å². The first-order chi connectivity index (χ1) is 14.4. The number of piperazine rings is 1. The molecule has 2 aliphatic heterocycles. The van der Waals surface area contributed by atoms with Crippen molar-refractivity contribution in [1.82, 2.24) is 24.1 Å². The summed E-state index contributed by atoms with van der Waals surface area (Å²) >= 11 is 5.59. The molecular weight excluding hydrogens is 426 g/mol. The molecule has 0 N–H and O–H groups in total. The Morgan fingerprint density at radius 2 is 2.03 bits per heavy atom. The number of aromatic nitrogens is 3. The van der Waals surface area contributed by atoms with Crippen molar-refractivity contribution in [3.8, 4) is 11.4 Å². The van der Waals surface area contributed by atoms with E-state index >= 15 is 0 Å². The smallest absolute Gasteiger partial charge is 0.226 e. The first-order valence-corrected chi connectivity index (χ1v) is 12.1. The van der Waals surface area contributed by atoms with Crippen molar-refractivity contribution in [2.45, 2.75) is 13.1 Å². The van der Waals surface area contributed by atoms with Crippen LogP contribution < -0.4 is 4.74 Å². The summed E-state index contributed by atoms with van der Waals surface area (Å²) in [6.45, 7) is 3.09. The molecule has 1 atom stereocenters. The van der Waals surface area contributed by atoms with Crippen molar-refractivity contribution in [1.29, 1.82) is 0 Å². The Balaban J connectivity index is 1.36. The Morgan fingerprint density at radius 1 is 1.27 bits per heavy atom.